The second-order valence-corrected chi connectivity index (χ2v) is 6.42. The van der Waals surface area contributed by atoms with E-state index in [1.54, 1.807) is 18.6 Å². The molecular formula is C20H21FN6. The molecule has 1 aromatic carbocycles. The van der Waals surface area contributed by atoms with E-state index in [9.17, 15) is 4.39 Å². The number of piperazine rings is 1. The molecule has 1 N–H and O–H groups in total. The summed E-state index contributed by atoms with van der Waals surface area (Å²) in [6.07, 6.45) is 6.87. The molecule has 7 heteroatoms. The molecular weight excluding hydrogens is 343 g/mol. The van der Waals surface area contributed by atoms with Crippen molar-refractivity contribution in [3.05, 3.63) is 72.6 Å². The van der Waals surface area contributed by atoms with Crippen LogP contribution in [0.4, 0.5) is 21.7 Å². The van der Waals surface area contributed by atoms with Gasteiger partial charge in [-0.1, -0.05) is 0 Å². The van der Waals surface area contributed by atoms with Crippen LogP contribution in [0, 0.1) is 5.82 Å². The second kappa shape index (κ2) is 7.99. The molecule has 3 heterocycles. The van der Waals surface area contributed by atoms with E-state index in [-0.39, 0.29) is 5.82 Å². The lowest BCUT2D eigenvalue weighted by Crippen LogP contribution is -2.46. The van der Waals surface area contributed by atoms with Crippen molar-refractivity contribution in [2.45, 2.75) is 6.54 Å². The van der Waals surface area contributed by atoms with Crippen LogP contribution < -0.4 is 15.1 Å². The van der Waals surface area contributed by atoms with Crippen LogP contribution in [0.3, 0.4) is 0 Å². The van der Waals surface area contributed by atoms with Crippen LogP contribution in [-0.4, -0.2) is 41.1 Å². The van der Waals surface area contributed by atoms with Gasteiger partial charge < -0.3 is 15.1 Å². The van der Waals surface area contributed by atoms with Crippen LogP contribution in [0.2, 0.25) is 0 Å². The summed E-state index contributed by atoms with van der Waals surface area (Å²) in [6.45, 7) is 4.20. The van der Waals surface area contributed by atoms with Gasteiger partial charge in [-0.3, -0.25) is 4.98 Å². The number of nitrogens with one attached hydrogen (secondary N) is 1. The third kappa shape index (κ3) is 4.31. The monoisotopic (exact) mass is 364 g/mol. The zero-order valence-electron chi connectivity index (χ0n) is 14.9. The van der Waals surface area contributed by atoms with Gasteiger partial charge in [0.1, 0.15) is 17.5 Å². The number of benzene rings is 1. The average Bonchev–Trinajstić information content (AvgIpc) is 2.74. The Bertz CT molecular complexity index is 863. The molecule has 6 nitrogen and oxygen atoms in total. The molecule has 0 aliphatic carbocycles. The Morgan fingerprint density at radius 1 is 0.889 bits per heavy atom. The summed E-state index contributed by atoms with van der Waals surface area (Å²) in [6, 6.07) is 10.8. The lowest BCUT2D eigenvalue weighted by molar-refractivity contribution is 0.624. The molecule has 4 rings (SSSR count). The molecule has 0 atom stereocenters. The number of nitrogens with zero attached hydrogens (tertiary/aromatic N) is 5. The molecule has 27 heavy (non-hydrogen) atoms. The summed E-state index contributed by atoms with van der Waals surface area (Å²) in [4.78, 5) is 17.4. The van der Waals surface area contributed by atoms with Crippen LogP contribution in [0.25, 0.3) is 0 Å². The largest absolute Gasteiger partial charge is 0.368 e. The molecule has 1 aliphatic heterocycles. The fourth-order valence-corrected chi connectivity index (χ4v) is 3.17. The van der Waals surface area contributed by atoms with E-state index in [0.29, 0.717) is 6.54 Å². The van der Waals surface area contributed by atoms with E-state index in [1.165, 1.54) is 12.1 Å². The molecule has 0 bridgehead atoms. The van der Waals surface area contributed by atoms with Gasteiger partial charge in [-0.05, 0) is 42.0 Å². The van der Waals surface area contributed by atoms with Crippen LogP contribution in [0.5, 0.6) is 0 Å². The van der Waals surface area contributed by atoms with Gasteiger partial charge in [0, 0.05) is 57.0 Å². The highest BCUT2D eigenvalue weighted by Crippen LogP contribution is 2.20. The molecule has 3 aromatic rings. The van der Waals surface area contributed by atoms with Gasteiger partial charge in [0.15, 0.2) is 0 Å². The van der Waals surface area contributed by atoms with Crippen molar-refractivity contribution in [2.24, 2.45) is 0 Å². The Kier molecular flexibility index (Phi) is 5.09. The molecule has 0 saturated carbocycles. The van der Waals surface area contributed by atoms with E-state index < -0.39 is 0 Å². The summed E-state index contributed by atoms with van der Waals surface area (Å²) in [5.41, 5.74) is 2.21. The highest BCUT2D eigenvalue weighted by atomic mass is 19.1. The first-order valence-electron chi connectivity index (χ1n) is 8.98. The van der Waals surface area contributed by atoms with E-state index in [2.05, 4.69) is 36.1 Å². The summed E-state index contributed by atoms with van der Waals surface area (Å²) >= 11 is 0. The first-order valence-corrected chi connectivity index (χ1v) is 8.98. The highest BCUT2D eigenvalue weighted by molar-refractivity contribution is 5.50. The Hall–Kier alpha value is -3.22. The van der Waals surface area contributed by atoms with Gasteiger partial charge in [0.2, 0.25) is 0 Å². The van der Waals surface area contributed by atoms with Crippen molar-refractivity contribution in [1.29, 1.82) is 0 Å². The zero-order valence-corrected chi connectivity index (χ0v) is 14.9. The van der Waals surface area contributed by atoms with Crippen LogP contribution >= 0.6 is 0 Å². The number of hydrogen-bond acceptors (Lipinski definition) is 6. The smallest absolute Gasteiger partial charge is 0.144 e. The zero-order chi connectivity index (χ0) is 18.5. The molecule has 0 unspecified atom stereocenters. The number of rotatable bonds is 5. The Balaban J connectivity index is 1.36. The van der Waals surface area contributed by atoms with Gasteiger partial charge in [-0.2, -0.15) is 0 Å². The van der Waals surface area contributed by atoms with Crippen LogP contribution in [-0.2, 0) is 6.54 Å². The normalized spacial score (nSPS) is 14.3. The highest BCUT2D eigenvalue weighted by Gasteiger charge is 2.18. The summed E-state index contributed by atoms with van der Waals surface area (Å²) in [7, 11) is 0. The number of anilines is 3. The minimum absolute atomic E-state index is 0.200. The van der Waals surface area contributed by atoms with Crippen LogP contribution in [0.1, 0.15) is 5.56 Å². The van der Waals surface area contributed by atoms with E-state index in [1.807, 2.05) is 24.4 Å². The van der Waals surface area contributed by atoms with E-state index in [0.717, 1.165) is 49.1 Å². The summed E-state index contributed by atoms with van der Waals surface area (Å²) in [5.74, 6) is 1.53. The summed E-state index contributed by atoms with van der Waals surface area (Å²) < 4.78 is 13.1. The maximum absolute atomic E-state index is 13.1. The number of hydrogen-bond donors (Lipinski definition) is 1. The Labute approximate surface area is 157 Å². The first-order chi connectivity index (χ1) is 13.3. The summed E-state index contributed by atoms with van der Waals surface area (Å²) in [5, 5.41) is 3.27. The lowest BCUT2D eigenvalue weighted by atomic mass is 10.2. The lowest BCUT2D eigenvalue weighted by Gasteiger charge is -2.36. The molecule has 1 aliphatic rings. The van der Waals surface area contributed by atoms with Gasteiger partial charge in [0.25, 0.3) is 0 Å². The maximum atomic E-state index is 13.1. The van der Waals surface area contributed by atoms with Crippen molar-refractivity contribution in [2.75, 3.05) is 41.3 Å². The Morgan fingerprint density at radius 2 is 1.67 bits per heavy atom. The number of halogens is 1. The van der Waals surface area contributed by atoms with Gasteiger partial charge in [0.05, 0.1) is 6.20 Å². The van der Waals surface area contributed by atoms with E-state index >= 15 is 0 Å². The molecule has 2 aromatic heterocycles. The molecule has 1 fully saturated rings. The standard InChI is InChI=1S/C20H21FN6/c21-17-1-3-18(4-2-17)26-9-11-27(12-10-26)20-13-16(5-6-24-20)14-25-19-15-22-7-8-23-19/h1-8,13,15H,9-12,14H2,(H,23,25). The predicted octanol–water partition coefficient (Wildman–Crippen LogP) is 2.95. The molecule has 138 valence electrons. The number of aromatic nitrogens is 3. The van der Waals surface area contributed by atoms with Crippen molar-refractivity contribution in [3.63, 3.8) is 0 Å². The third-order valence-electron chi connectivity index (χ3n) is 4.64. The van der Waals surface area contributed by atoms with Crippen molar-refractivity contribution >= 4 is 17.3 Å². The predicted molar refractivity (Wildman–Crippen MR) is 104 cm³/mol. The van der Waals surface area contributed by atoms with Gasteiger partial charge in [-0.25, -0.2) is 14.4 Å². The Morgan fingerprint density at radius 3 is 2.41 bits per heavy atom. The molecule has 1 saturated heterocycles. The first kappa shape index (κ1) is 17.2. The quantitative estimate of drug-likeness (QED) is 0.751. The second-order valence-electron chi connectivity index (χ2n) is 6.42. The van der Waals surface area contributed by atoms with Crippen molar-refractivity contribution < 1.29 is 4.39 Å². The average molecular weight is 364 g/mol. The fourth-order valence-electron chi connectivity index (χ4n) is 3.17. The fraction of sp³-hybridized carbons (Fsp3) is 0.250. The van der Waals surface area contributed by atoms with Gasteiger partial charge in [-0.15, -0.1) is 0 Å². The minimum Gasteiger partial charge on any atom is -0.368 e. The van der Waals surface area contributed by atoms with Crippen molar-refractivity contribution in [1.82, 2.24) is 15.0 Å². The topological polar surface area (TPSA) is 57.2 Å². The van der Waals surface area contributed by atoms with E-state index in [4.69, 9.17) is 0 Å². The molecule has 0 spiro atoms. The third-order valence-corrected chi connectivity index (χ3v) is 4.64. The maximum Gasteiger partial charge on any atom is 0.144 e. The van der Waals surface area contributed by atoms with Crippen molar-refractivity contribution in [3.8, 4) is 0 Å². The number of pyridine rings is 1. The molecule has 0 amide bonds. The van der Waals surface area contributed by atoms with Crippen LogP contribution in [0.15, 0.2) is 61.2 Å². The minimum atomic E-state index is -0.200. The van der Waals surface area contributed by atoms with Gasteiger partial charge >= 0.3 is 0 Å². The molecule has 0 radical (unpaired) electrons. The SMILES string of the molecule is Fc1ccc(N2CCN(c3cc(CNc4cnccn4)ccn3)CC2)cc1.